The monoisotopic (exact) mass is 306 g/mol. The topological polar surface area (TPSA) is 57.5 Å². The van der Waals surface area contributed by atoms with Gasteiger partial charge in [0.1, 0.15) is 0 Å². The molecule has 22 heavy (non-hydrogen) atoms. The third-order valence-electron chi connectivity index (χ3n) is 6.59. The van der Waals surface area contributed by atoms with E-state index in [0.29, 0.717) is 6.42 Å². The highest BCUT2D eigenvalue weighted by Gasteiger charge is 2.58. The fraction of sp³-hybridized carbons (Fsp3) is 0.737. The zero-order valence-corrected chi connectivity index (χ0v) is 14.0. The van der Waals surface area contributed by atoms with Crippen LogP contribution in [-0.2, 0) is 4.79 Å². The first kappa shape index (κ1) is 17.3. The van der Waals surface area contributed by atoms with Gasteiger partial charge in [0.05, 0.1) is 11.5 Å². The molecule has 0 saturated heterocycles. The Bertz CT molecular complexity index is 469. The molecular formula is C19H30O3. The maximum atomic E-state index is 11.9. The van der Waals surface area contributed by atoms with Gasteiger partial charge in [-0.05, 0) is 62.7 Å². The molecule has 2 N–H and O–H groups in total. The molecule has 0 aromatic carbocycles. The molecule has 0 aromatic heterocycles. The first-order valence-corrected chi connectivity index (χ1v) is 8.47. The van der Waals surface area contributed by atoms with Gasteiger partial charge in [0.15, 0.2) is 0 Å². The predicted molar refractivity (Wildman–Crippen MR) is 88.5 cm³/mol. The van der Waals surface area contributed by atoms with Gasteiger partial charge >= 0.3 is 5.97 Å². The first-order chi connectivity index (χ1) is 10.3. The molecule has 0 bridgehead atoms. The molecule has 2 fully saturated rings. The van der Waals surface area contributed by atoms with Gasteiger partial charge in [-0.3, -0.25) is 4.79 Å². The number of hydrogen-bond acceptors (Lipinski definition) is 2. The quantitative estimate of drug-likeness (QED) is 0.749. The van der Waals surface area contributed by atoms with Crippen molar-refractivity contribution in [1.29, 1.82) is 0 Å². The van der Waals surface area contributed by atoms with Crippen molar-refractivity contribution in [3.05, 3.63) is 24.8 Å². The molecule has 0 aromatic rings. The van der Waals surface area contributed by atoms with Crippen LogP contribution in [0.25, 0.3) is 0 Å². The summed E-state index contributed by atoms with van der Waals surface area (Å²) in [6, 6.07) is 0. The Balaban J connectivity index is 2.28. The number of aliphatic hydroxyl groups excluding tert-OH is 1. The van der Waals surface area contributed by atoms with Crippen molar-refractivity contribution in [3.63, 3.8) is 0 Å². The van der Waals surface area contributed by atoms with Crippen molar-refractivity contribution in [3.8, 4) is 0 Å². The second-order valence-electron chi connectivity index (χ2n) is 7.79. The van der Waals surface area contributed by atoms with Crippen LogP contribution < -0.4 is 0 Å². The average molecular weight is 306 g/mol. The average Bonchev–Trinajstić information content (AvgIpc) is 2.45. The zero-order chi connectivity index (χ0) is 16.5. The fourth-order valence-corrected chi connectivity index (χ4v) is 5.20. The Morgan fingerprint density at radius 1 is 1.32 bits per heavy atom. The molecule has 0 aliphatic heterocycles. The molecule has 0 radical (unpaired) electrons. The van der Waals surface area contributed by atoms with Gasteiger partial charge < -0.3 is 10.2 Å². The summed E-state index contributed by atoms with van der Waals surface area (Å²) >= 11 is 0. The van der Waals surface area contributed by atoms with Crippen molar-refractivity contribution in [2.75, 3.05) is 0 Å². The molecule has 0 amide bonds. The van der Waals surface area contributed by atoms with Crippen LogP contribution in [0.2, 0.25) is 0 Å². The largest absolute Gasteiger partial charge is 0.481 e. The maximum absolute atomic E-state index is 11.9. The molecule has 0 spiro atoms. The number of carboxylic acid groups (broad SMARTS) is 1. The van der Waals surface area contributed by atoms with Gasteiger partial charge in [0.25, 0.3) is 0 Å². The molecular weight excluding hydrogens is 276 g/mol. The van der Waals surface area contributed by atoms with Gasteiger partial charge in [0.2, 0.25) is 0 Å². The van der Waals surface area contributed by atoms with E-state index in [-0.39, 0.29) is 23.4 Å². The minimum atomic E-state index is -0.672. The Hall–Kier alpha value is -1.09. The highest BCUT2D eigenvalue weighted by atomic mass is 16.4. The van der Waals surface area contributed by atoms with E-state index in [1.165, 1.54) is 0 Å². The number of fused-ring (bicyclic) bond motifs is 1. The highest BCUT2D eigenvalue weighted by Crippen LogP contribution is 2.61. The Labute approximate surface area is 134 Å². The lowest BCUT2D eigenvalue weighted by molar-refractivity contribution is -0.174. The molecule has 2 aliphatic rings. The summed E-state index contributed by atoms with van der Waals surface area (Å²) in [5, 5.41) is 20.3. The maximum Gasteiger partial charge on any atom is 0.309 e. The van der Waals surface area contributed by atoms with Crippen molar-refractivity contribution in [2.24, 2.45) is 22.7 Å². The van der Waals surface area contributed by atoms with Gasteiger partial charge in [-0.25, -0.2) is 0 Å². The molecule has 0 unspecified atom stereocenters. The van der Waals surface area contributed by atoms with Gasteiger partial charge in [-0.1, -0.05) is 38.2 Å². The molecule has 0 heterocycles. The predicted octanol–water partition coefficient (Wildman–Crippen LogP) is 4.18. The summed E-state index contributed by atoms with van der Waals surface area (Å²) in [6.45, 7) is 11.8. The summed E-state index contributed by atoms with van der Waals surface area (Å²) in [5.41, 5.74) is 0.250. The van der Waals surface area contributed by atoms with E-state index in [9.17, 15) is 15.0 Å². The van der Waals surface area contributed by atoms with E-state index < -0.39 is 11.4 Å². The van der Waals surface area contributed by atoms with Crippen LogP contribution in [-0.4, -0.2) is 22.3 Å². The summed E-state index contributed by atoms with van der Waals surface area (Å²) in [5.74, 6) is -0.368. The van der Waals surface area contributed by atoms with E-state index in [1.807, 2.05) is 6.92 Å². The smallest absolute Gasteiger partial charge is 0.309 e. The van der Waals surface area contributed by atoms with Crippen LogP contribution in [0, 0.1) is 22.7 Å². The number of hydrogen-bond donors (Lipinski definition) is 2. The standard InChI is InChI=1S/C19H30O3/c1-5-13(2)7-8-14-15(20)9-10-16-18(14,3)11-6-12-19(16,4)17(21)22/h5,14-16,20H,1-2,6-12H2,3-4H3,(H,21,22)/t14-,15+,16+,18+,19+/m0/s1. The number of carbonyl (C=O) groups is 1. The molecule has 2 saturated carbocycles. The van der Waals surface area contributed by atoms with Crippen molar-refractivity contribution in [1.82, 2.24) is 0 Å². The zero-order valence-electron chi connectivity index (χ0n) is 14.0. The second-order valence-corrected chi connectivity index (χ2v) is 7.79. The van der Waals surface area contributed by atoms with Crippen LogP contribution >= 0.6 is 0 Å². The van der Waals surface area contributed by atoms with Gasteiger partial charge in [0, 0.05) is 0 Å². The summed E-state index contributed by atoms with van der Waals surface area (Å²) in [7, 11) is 0. The van der Waals surface area contributed by atoms with Crippen molar-refractivity contribution in [2.45, 2.75) is 64.9 Å². The van der Waals surface area contributed by atoms with Crippen LogP contribution in [0.1, 0.15) is 58.8 Å². The van der Waals surface area contributed by atoms with E-state index in [4.69, 9.17) is 0 Å². The van der Waals surface area contributed by atoms with Crippen LogP contribution in [0.15, 0.2) is 24.8 Å². The SMILES string of the molecule is C=CC(=C)CC[C@H]1[C@H](O)CC[C@@H]2[C@]1(C)CCC[C@@]2(C)C(=O)O. The third-order valence-corrected chi connectivity index (χ3v) is 6.59. The molecule has 5 atom stereocenters. The lowest BCUT2D eigenvalue weighted by Crippen LogP contribution is -2.56. The van der Waals surface area contributed by atoms with E-state index in [2.05, 4.69) is 20.1 Å². The highest BCUT2D eigenvalue weighted by molar-refractivity contribution is 5.75. The third kappa shape index (κ3) is 2.76. The van der Waals surface area contributed by atoms with Crippen LogP contribution in [0.5, 0.6) is 0 Å². The minimum Gasteiger partial charge on any atom is -0.481 e. The lowest BCUT2D eigenvalue weighted by atomic mass is 9.47. The normalized spacial score (nSPS) is 41.5. The Kier molecular flexibility index (Phi) is 4.86. The van der Waals surface area contributed by atoms with Crippen molar-refractivity contribution < 1.29 is 15.0 Å². The first-order valence-electron chi connectivity index (χ1n) is 8.47. The Morgan fingerprint density at radius 3 is 2.59 bits per heavy atom. The molecule has 3 heteroatoms. The number of aliphatic hydroxyl groups is 1. The molecule has 124 valence electrons. The second kappa shape index (κ2) is 6.19. The number of aliphatic carboxylic acids is 1. The summed E-state index contributed by atoms with van der Waals surface area (Å²) < 4.78 is 0. The van der Waals surface area contributed by atoms with Gasteiger partial charge in [-0.15, -0.1) is 0 Å². The molecule has 3 nitrogen and oxygen atoms in total. The van der Waals surface area contributed by atoms with E-state index >= 15 is 0 Å². The van der Waals surface area contributed by atoms with Crippen LogP contribution in [0.4, 0.5) is 0 Å². The summed E-state index contributed by atoms with van der Waals surface area (Å²) in [6.07, 6.45) is 7.39. The molecule has 2 rings (SSSR count). The number of allylic oxidation sites excluding steroid dienone is 2. The van der Waals surface area contributed by atoms with Crippen LogP contribution in [0.3, 0.4) is 0 Å². The number of rotatable bonds is 5. The van der Waals surface area contributed by atoms with E-state index in [0.717, 1.165) is 44.1 Å². The molecule has 2 aliphatic carbocycles. The Morgan fingerprint density at radius 2 is 2.00 bits per heavy atom. The van der Waals surface area contributed by atoms with Crippen molar-refractivity contribution >= 4 is 5.97 Å². The fourth-order valence-electron chi connectivity index (χ4n) is 5.20. The number of carboxylic acids is 1. The summed E-state index contributed by atoms with van der Waals surface area (Å²) in [4.78, 5) is 11.9. The van der Waals surface area contributed by atoms with Gasteiger partial charge in [-0.2, -0.15) is 0 Å². The minimum absolute atomic E-state index is 0.0928. The lowest BCUT2D eigenvalue weighted by Gasteiger charge is -2.58. The van der Waals surface area contributed by atoms with E-state index in [1.54, 1.807) is 6.08 Å².